The van der Waals surface area contributed by atoms with E-state index in [1.54, 1.807) is 6.08 Å². The van der Waals surface area contributed by atoms with Gasteiger partial charge in [0.1, 0.15) is 5.60 Å². The average Bonchev–Trinajstić information content (AvgIpc) is 1.81. The number of hydrogen-bond donors (Lipinski definition) is 0. The maximum absolute atomic E-state index is 11.1. The summed E-state index contributed by atoms with van der Waals surface area (Å²) >= 11 is 0. The fraction of sp³-hybridized carbons (Fsp3) is 0.545. The predicted molar refractivity (Wildman–Crippen MR) is 54.4 cm³/mol. The molecule has 74 valence electrons. The van der Waals surface area contributed by atoms with Crippen molar-refractivity contribution in [2.24, 2.45) is 0 Å². The van der Waals surface area contributed by atoms with Gasteiger partial charge >= 0.3 is 5.97 Å². The summed E-state index contributed by atoms with van der Waals surface area (Å²) in [7, 11) is 0. The molecule has 2 nitrogen and oxygen atoms in total. The first-order valence-electron chi connectivity index (χ1n) is 4.35. The lowest BCUT2D eigenvalue weighted by atomic mass is 10.2. The van der Waals surface area contributed by atoms with Crippen LogP contribution in [0.4, 0.5) is 0 Å². The number of esters is 1. The standard InChI is InChI=1S/C11H18O2/c1-9(2)7-6-8-10(12)13-11(3,4)5/h6,8H,1,7H2,2-5H3. The number of hydrogen-bond acceptors (Lipinski definition) is 2. The minimum Gasteiger partial charge on any atom is -0.457 e. The van der Waals surface area contributed by atoms with Crippen molar-refractivity contribution in [3.63, 3.8) is 0 Å². The lowest BCUT2D eigenvalue weighted by molar-refractivity contribution is -0.148. The summed E-state index contributed by atoms with van der Waals surface area (Å²) in [5, 5.41) is 0. The molecule has 0 saturated heterocycles. The summed E-state index contributed by atoms with van der Waals surface area (Å²) in [5.74, 6) is -0.297. The molecule has 0 aliphatic carbocycles. The zero-order valence-electron chi connectivity index (χ0n) is 8.89. The molecule has 0 bridgehead atoms. The number of carbonyl (C=O) groups excluding carboxylic acids is 1. The summed E-state index contributed by atoms with van der Waals surface area (Å²) in [6.45, 7) is 11.2. The zero-order valence-corrected chi connectivity index (χ0v) is 8.89. The van der Waals surface area contributed by atoms with Crippen LogP contribution >= 0.6 is 0 Å². The topological polar surface area (TPSA) is 26.3 Å². The number of rotatable bonds is 3. The van der Waals surface area contributed by atoms with E-state index in [0.717, 1.165) is 12.0 Å². The second-order valence-corrected chi connectivity index (χ2v) is 4.10. The van der Waals surface area contributed by atoms with E-state index in [4.69, 9.17) is 4.74 Å². The first-order chi connectivity index (χ1) is 5.81. The lowest BCUT2D eigenvalue weighted by Gasteiger charge is -2.17. The van der Waals surface area contributed by atoms with E-state index in [1.165, 1.54) is 6.08 Å². The highest BCUT2D eigenvalue weighted by atomic mass is 16.6. The Bertz CT molecular complexity index is 219. The van der Waals surface area contributed by atoms with E-state index in [2.05, 4.69) is 6.58 Å². The van der Waals surface area contributed by atoms with E-state index in [1.807, 2.05) is 27.7 Å². The van der Waals surface area contributed by atoms with Crippen molar-refractivity contribution in [2.75, 3.05) is 0 Å². The Hall–Kier alpha value is -1.05. The Balaban J connectivity index is 3.88. The van der Waals surface area contributed by atoms with Gasteiger partial charge in [-0.2, -0.15) is 0 Å². The molecule has 0 spiro atoms. The van der Waals surface area contributed by atoms with Crippen molar-refractivity contribution in [2.45, 2.75) is 39.7 Å². The van der Waals surface area contributed by atoms with Crippen LogP contribution in [0.2, 0.25) is 0 Å². The molecule has 13 heavy (non-hydrogen) atoms. The molecule has 0 atom stereocenters. The van der Waals surface area contributed by atoms with E-state index in [-0.39, 0.29) is 5.97 Å². The highest BCUT2D eigenvalue weighted by Gasteiger charge is 2.13. The van der Waals surface area contributed by atoms with Gasteiger partial charge in [0.25, 0.3) is 0 Å². The average molecular weight is 182 g/mol. The molecule has 0 aromatic carbocycles. The number of ether oxygens (including phenoxy) is 1. The zero-order chi connectivity index (χ0) is 10.5. The second kappa shape index (κ2) is 4.85. The first-order valence-corrected chi connectivity index (χ1v) is 4.35. The van der Waals surface area contributed by atoms with Gasteiger partial charge in [-0.25, -0.2) is 4.79 Å². The molecule has 0 aromatic rings. The van der Waals surface area contributed by atoms with Gasteiger partial charge in [0.2, 0.25) is 0 Å². The Morgan fingerprint density at radius 1 is 1.46 bits per heavy atom. The molecule has 0 aliphatic heterocycles. The van der Waals surface area contributed by atoms with Crippen molar-refractivity contribution >= 4 is 5.97 Å². The fourth-order valence-electron chi connectivity index (χ4n) is 0.692. The summed E-state index contributed by atoms with van der Waals surface area (Å²) < 4.78 is 5.06. The third-order valence-electron chi connectivity index (χ3n) is 1.13. The third kappa shape index (κ3) is 8.86. The predicted octanol–water partition coefficient (Wildman–Crippen LogP) is 2.85. The molecule has 0 aliphatic rings. The van der Waals surface area contributed by atoms with Gasteiger partial charge in [-0.3, -0.25) is 0 Å². The van der Waals surface area contributed by atoms with E-state index in [0.29, 0.717) is 0 Å². The van der Waals surface area contributed by atoms with Gasteiger partial charge in [0.05, 0.1) is 0 Å². The summed E-state index contributed by atoms with van der Waals surface area (Å²) in [5.41, 5.74) is 0.616. The van der Waals surface area contributed by atoms with E-state index < -0.39 is 5.60 Å². The molecule has 0 N–H and O–H groups in total. The second-order valence-electron chi connectivity index (χ2n) is 4.10. The van der Waals surface area contributed by atoms with Crippen molar-refractivity contribution in [1.29, 1.82) is 0 Å². The normalized spacial score (nSPS) is 11.7. The number of allylic oxidation sites excluding steroid dienone is 2. The van der Waals surface area contributed by atoms with Gasteiger partial charge in [0, 0.05) is 6.08 Å². The van der Waals surface area contributed by atoms with Crippen LogP contribution in [-0.2, 0) is 9.53 Å². The van der Waals surface area contributed by atoms with E-state index >= 15 is 0 Å². The van der Waals surface area contributed by atoms with Crippen LogP contribution in [0.25, 0.3) is 0 Å². The van der Waals surface area contributed by atoms with Crippen LogP contribution in [0.3, 0.4) is 0 Å². The largest absolute Gasteiger partial charge is 0.457 e. The molecule has 0 fully saturated rings. The smallest absolute Gasteiger partial charge is 0.330 e. The first kappa shape index (κ1) is 11.9. The molecule has 0 amide bonds. The molecule has 0 unspecified atom stereocenters. The Morgan fingerprint density at radius 3 is 2.38 bits per heavy atom. The molecule has 0 saturated carbocycles. The van der Waals surface area contributed by atoms with Crippen LogP contribution in [0.5, 0.6) is 0 Å². The van der Waals surface area contributed by atoms with Gasteiger partial charge in [-0.15, -0.1) is 0 Å². The quantitative estimate of drug-likeness (QED) is 0.381. The van der Waals surface area contributed by atoms with Crippen LogP contribution in [0.15, 0.2) is 24.3 Å². The van der Waals surface area contributed by atoms with Crippen molar-refractivity contribution in [3.8, 4) is 0 Å². The summed E-state index contributed by atoms with van der Waals surface area (Å²) in [6, 6.07) is 0. The van der Waals surface area contributed by atoms with Gasteiger partial charge in [-0.1, -0.05) is 18.2 Å². The summed E-state index contributed by atoms with van der Waals surface area (Å²) in [4.78, 5) is 11.1. The Kier molecular flexibility index (Phi) is 4.46. The van der Waals surface area contributed by atoms with Gasteiger partial charge < -0.3 is 4.74 Å². The van der Waals surface area contributed by atoms with E-state index in [9.17, 15) is 4.79 Å². The molecular formula is C11H18O2. The van der Waals surface area contributed by atoms with Gasteiger partial charge in [0.15, 0.2) is 0 Å². The Morgan fingerprint density at radius 2 is 2.00 bits per heavy atom. The van der Waals surface area contributed by atoms with Gasteiger partial charge in [-0.05, 0) is 34.1 Å². The van der Waals surface area contributed by atoms with Crippen molar-refractivity contribution < 1.29 is 9.53 Å². The van der Waals surface area contributed by atoms with Crippen LogP contribution in [0.1, 0.15) is 34.1 Å². The third-order valence-corrected chi connectivity index (χ3v) is 1.13. The van der Waals surface area contributed by atoms with Crippen molar-refractivity contribution in [3.05, 3.63) is 24.3 Å². The molecule has 0 rings (SSSR count). The molecule has 0 radical (unpaired) electrons. The molecular weight excluding hydrogens is 164 g/mol. The maximum atomic E-state index is 11.1. The number of carbonyl (C=O) groups is 1. The molecule has 0 aromatic heterocycles. The highest BCUT2D eigenvalue weighted by molar-refractivity contribution is 5.82. The molecule has 0 heterocycles. The summed E-state index contributed by atoms with van der Waals surface area (Å²) in [6.07, 6.45) is 3.93. The maximum Gasteiger partial charge on any atom is 0.330 e. The van der Waals surface area contributed by atoms with Crippen LogP contribution in [-0.4, -0.2) is 11.6 Å². The SMILES string of the molecule is C=C(C)CC=CC(=O)OC(C)(C)C. The minimum absolute atomic E-state index is 0.297. The monoisotopic (exact) mass is 182 g/mol. The fourth-order valence-corrected chi connectivity index (χ4v) is 0.692. The lowest BCUT2D eigenvalue weighted by Crippen LogP contribution is -2.22. The Labute approximate surface area is 80.3 Å². The van der Waals surface area contributed by atoms with Crippen LogP contribution in [0, 0.1) is 0 Å². The van der Waals surface area contributed by atoms with Crippen LogP contribution < -0.4 is 0 Å². The van der Waals surface area contributed by atoms with Crippen molar-refractivity contribution in [1.82, 2.24) is 0 Å². The molecule has 2 heteroatoms. The highest BCUT2D eigenvalue weighted by Crippen LogP contribution is 2.07. The minimum atomic E-state index is -0.412.